The van der Waals surface area contributed by atoms with Gasteiger partial charge in [0, 0.05) is 57.3 Å². The predicted octanol–water partition coefficient (Wildman–Crippen LogP) is 3.07. The average molecular weight is 482 g/mol. The monoisotopic (exact) mass is 481 g/mol. The molecule has 4 rings (SSSR count). The van der Waals surface area contributed by atoms with Crippen molar-refractivity contribution in [3.8, 4) is 5.75 Å². The Balaban J connectivity index is 1.50. The summed E-state index contributed by atoms with van der Waals surface area (Å²) in [6.45, 7) is 6.72. The number of nitrogens with zero attached hydrogens (tertiary/aromatic N) is 2. The number of benzene rings is 2. The van der Waals surface area contributed by atoms with Gasteiger partial charge in [0.1, 0.15) is 5.75 Å². The van der Waals surface area contributed by atoms with Crippen LogP contribution in [0.5, 0.6) is 5.75 Å². The molecular weight excluding hydrogens is 446 g/mol. The normalized spacial score (nSPS) is 17.7. The van der Waals surface area contributed by atoms with Crippen molar-refractivity contribution in [1.29, 1.82) is 0 Å². The number of para-hydroxylation sites is 2. The van der Waals surface area contributed by atoms with E-state index in [4.69, 9.17) is 9.47 Å². The van der Waals surface area contributed by atoms with Gasteiger partial charge in [-0.3, -0.25) is 4.79 Å². The highest BCUT2D eigenvalue weighted by Gasteiger charge is 2.24. The maximum atomic E-state index is 13.2. The van der Waals surface area contributed by atoms with Gasteiger partial charge in [-0.05, 0) is 50.1 Å². The summed E-state index contributed by atoms with van der Waals surface area (Å²) in [6.07, 6.45) is 2.04. The Morgan fingerprint density at radius 3 is 2.46 bits per heavy atom. The molecule has 1 unspecified atom stereocenters. The summed E-state index contributed by atoms with van der Waals surface area (Å²) in [5.74, 6) is 0.693. The molecule has 2 saturated heterocycles. The van der Waals surface area contributed by atoms with Crippen molar-refractivity contribution in [2.45, 2.75) is 25.9 Å². The number of piperazine rings is 1. The van der Waals surface area contributed by atoms with Crippen LogP contribution in [-0.4, -0.2) is 71.0 Å². The Kier molecular flexibility index (Phi) is 8.31. The Morgan fingerprint density at radius 1 is 1.03 bits per heavy atom. The SMILES string of the molecule is CCNC(=O)Nc1ccc(N2CCN(c3ccccc3OC)CC2)c(C(=O)NCC2CCCO2)c1. The molecule has 35 heavy (non-hydrogen) atoms. The molecule has 0 aromatic heterocycles. The third-order valence-electron chi connectivity index (χ3n) is 6.40. The van der Waals surface area contributed by atoms with Crippen LogP contribution in [-0.2, 0) is 4.74 Å². The summed E-state index contributed by atoms with van der Waals surface area (Å²) in [7, 11) is 1.69. The van der Waals surface area contributed by atoms with Crippen LogP contribution in [0.1, 0.15) is 30.1 Å². The predicted molar refractivity (Wildman–Crippen MR) is 138 cm³/mol. The topological polar surface area (TPSA) is 95.2 Å². The lowest BCUT2D eigenvalue weighted by molar-refractivity contribution is 0.0858. The van der Waals surface area contributed by atoms with Crippen molar-refractivity contribution < 1.29 is 19.1 Å². The number of rotatable bonds is 8. The first-order valence-electron chi connectivity index (χ1n) is 12.3. The van der Waals surface area contributed by atoms with Gasteiger partial charge in [0.25, 0.3) is 5.91 Å². The fourth-order valence-electron chi connectivity index (χ4n) is 4.59. The van der Waals surface area contributed by atoms with Crippen LogP contribution in [0, 0.1) is 0 Å². The molecule has 2 aliphatic rings. The highest BCUT2D eigenvalue weighted by Crippen LogP contribution is 2.31. The summed E-state index contributed by atoms with van der Waals surface area (Å²) in [6, 6.07) is 13.2. The minimum Gasteiger partial charge on any atom is -0.495 e. The van der Waals surface area contributed by atoms with E-state index in [1.165, 1.54) is 0 Å². The molecular formula is C26H35N5O4. The second-order valence-corrected chi connectivity index (χ2v) is 8.71. The number of hydrogen-bond acceptors (Lipinski definition) is 6. The molecule has 0 bridgehead atoms. The molecule has 3 N–H and O–H groups in total. The number of carbonyl (C=O) groups excluding carboxylic acids is 2. The van der Waals surface area contributed by atoms with Crippen molar-refractivity contribution in [2.24, 2.45) is 0 Å². The molecule has 0 spiro atoms. The zero-order valence-electron chi connectivity index (χ0n) is 20.5. The van der Waals surface area contributed by atoms with Gasteiger partial charge in [-0.1, -0.05) is 12.1 Å². The first kappa shape index (κ1) is 24.7. The number of hydrogen-bond donors (Lipinski definition) is 3. The van der Waals surface area contributed by atoms with Crippen molar-refractivity contribution in [3.63, 3.8) is 0 Å². The van der Waals surface area contributed by atoms with Gasteiger partial charge in [-0.25, -0.2) is 4.79 Å². The quantitative estimate of drug-likeness (QED) is 0.537. The number of carbonyl (C=O) groups is 2. The number of urea groups is 1. The molecule has 2 aromatic carbocycles. The van der Waals surface area contributed by atoms with Gasteiger partial charge >= 0.3 is 6.03 Å². The van der Waals surface area contributed by atoms with E-state index in [-0.39, 0.29) is 18.0 Å². The smallest absolute Gasteiger partial charge is 0.319 e. The molecule has 0 saturated carbocycles. The number of nitrogens with one attached hydrogen (secondary N) is 3. The third kappa shape index (κ3) is 6.16. The van der Waals surface area contributed by atoms with Gasteiger partial charge in [-0.15, -0.1) is 0 Å². The third-order valence-corrected chi connectivity index (χ3v) is 6.40. The van der Waals surface area contributed by atoms with E-state index in [2.05, 4.69) is 31.8 Å². The van der Waals surface area contributed by atoms with Crippen molar-refractivity contribution in [1.82, 2.24) is 10.6 Å². The molecule has 2 aromatic rings. The Morgan fingerprint density at radius 2 is 1.77 bits per heavy atom. The summed E-state index contributed by atoms with van der Waals surface area (Å²) in [5, 5.41) is 8.56. The van der Waals surface area contributed by atoms with E-state index in [0.29, 0.717) is 24.3 Å². The largest absolute Gasteiger partial charge is 0.495 e. The first-order chi connectivity index (χ1) is 17.1. The Bertz CT molecular complexity index is 1020. The van der Waals surface area contributed by atoms with Crippen molar-refractivity contribution in [2.75, 3.05) is 68.1 Å². The molecule has 2 fully saturated rings. The lowest BCUT2D eigenvalue weighted by atomic mass is 10.1. The Labute approximate surface area is 206 Å². The molecule has 9 nitrogen and oxygen atoms in total. The maximum Gasteiger partial charge on any atom is 0.319 e. The number of amides is 3. The summed E-state index contributed by atoms with van der Waals surface area (Å²) in [5.41, 5.74) is 3.05. The number of ether oxygens (including phenoxy) is 2. The van der Waals surface area contributed by atoms with Gasteiger partial charge < -0.3 is 35.2 Å². The van der Waals surface area contributed by atoms with Crippen LogP contribution < -0.4 is 30.5 Å². The number of methoxy groups -OCH3 is 1. The summed E-state index contributed by atoms with van der Waals surface area (Å²) >= 11 is 0. The molecule has 3 amide bonds. The lowest BCUT2D eigenvalue weighted by Crippen LogP contribution is -2.47. The van der Waals surface area contributed by atoms with Gasteiger partial charge in [0.15, 0.2) is 0 Å². The van der Waals surface area contributed by atoms with E-state index in [1.54, 1.807) is 13.2 Å². The minimum atomic E-state index is -0.295. The average Bonchev–Trinajstić information content (AvgIpc) is 3.41. The van der Waals surface area contributed by atoms with Gasteiger partial charge in [0.05, 0.1) is 24.5 Å². The van der Waals surface area contributed by atoms with E-state index in [9.17, 15) is 9.59 Å². The standard InChI is InChI=1S/C26H35N5O4/c1-3-27-26(33)29-19-10-11-22(21(17-19)25(32)28-18-20-7-6-16-35-20)30-12-14-31(15-13-30)23-8-4-5-9-24(23)34-2/h4-5,8-11,17,20H,3,6-7,12-16,18H2,1-2H3,(H,28,32)(H2,27,29,33). The van der Waals surface area contributed by atoms with E-state index < -0.39 is 0 Å². The van der Waals surface area contributed by atoms with Gasteiger partial charge in [0.2, 0.25) is 0 Å². The zero-order chi connectivity index (χ0) is 24.6. The van der Waals surface area contributed by atoms with E-state index in [1.807, 2.05) is 37.3 Å². The fraction of sp³-hybridized carbons (Fsp3) is 0.462. The minimum absolute atomic E-state index is 0.0587. The van der Waals surface area contributed by atoms with Crippen LogP contribution in [0.3, 0.4) is 0 Å². The number of anilines is 3. The molecule has 188 valence electrons. The van der Waals surface area contributed by atoms with Gasteiger partial charge in [-0.2, -0.15) is 0 Å². The molecule has 0 radical (unpaired) electrons. The van der Waals surface area contributed by atoms with Crippen LogP contribution in [0.25, 0.3) is 0 Å². The van der Waals surface area contributed by atoms with Crippen LogP contribution in [0.4, 0.5) is 21.9 Å². The highest BCUT2D eigenvalue weighted by molar-refractivity contribution is 6.02. The van der Waals surface area contributed by atoms with Crippen LogP contribution in [0.15, 0.2) is 42.5 Å². The maximum absolute atomic E-state index is 13.2. The summed E-state index contributed by atoms with van der Waals surface area (Å²) < 4.78 is 11.2. The molecule has 9 heteroatoms. The molecule has 2 aliphatic heterocycles. The second-order valence-electron chi connectivity index (χ2n) is 8.71. The summed E-state index contributed by atoms with van der Waals surface area (Å²) in [4.78, 5) is 29.8. The van der Waals surface area contributed by atoms with E-state index in [0.717, 1.165) is 62.8 Å². The van der Waals surface area contributed by atoms with Crippen molar-refractivity contribution in [3.05, 3.63) is 48.0 Å². The molecule has 0 aliphatic carbocycles. The van der Waals surface area contributed by atoms with Crippen LogP contribution >= 0.6 is 0 Å². The van der Waals surface area contributed by atoms with E-state index >= 15 is 0 Å². The molecule has 2 heterocycles. The lowest BCUT2D eigenvalue weighted by Gasteiger charge is -2.38. The zero-order valence-corrected chi connectivity index (χ0v) is 20.5. The van der Waals surface area contributed by atoms with Crippen LogP contribution in [0.2, 0.25) is 0 Å². The first-order valence-corrected chi connectivity index (χ1v) is 12.3. The van der Waals surface area contributed by atoms with Crippen molar-refractivity contribution >= 4 is 29.0 Å². The highest BCUT2D eigenvalue weighted by atomic mass is 16.5. The molecule has 1 atom stereocenters. The second kappa shape index (κ2) is 11.8. The Hall–Kier alpha value is -3.46. The fourth-order valence-corrected chi connectivity index (χ4v) is 4.59.